The number of phosphoric acid groups is 1. The average Bonchev–Trinajstić information content (AvgIpc) is 1.12. The van der Waals surface area contributed by atoms with Crippen LogP contribution in [0.5, 0.6) is 0 Å². The van der Waals surface area contributed by atoms with Crippen molar-refractivity contribution in [3.63, 3.8) is 0 Å². The van der Waals surface area contributed by atoms with Gasteiger partial charge in [0.1, 0.15) is 0 Å². The summed E-state index contributed by atoms with van der Waals surface area (Å²) in [4.78, 5) is 21.6. The molecule has 0 amide bonds. The van der Waals surface area contributed by atoms with Gasteiger partial charge in [-0.2, -0.15) is 8.42 Å². The highest BCUT2D eigenvalue weighted by molar-refractivity contribution is 7.79. The maximum atomic E-state index is 8.88. The molecule has 0 radical (unpaired) electrons. The molecule has 0 bridgehead atoms. The Hall–Kier alpha value is 1.51. The smallest absolute Gasteiger partial charge is 0.303 e. The first-order valence-electron chi connectivity index (χ1n) is 1.48. The topological polar surface area (TPSA) is 152 Å². The SMILES string of the molecule is O=P(O)(O)O.O=S(=O)(O)O.[MgH2].[MgH2]. The van der Waals surface area contributed by atoms with Gasteiger partial charge >= 0.3 is 64.3 Å². The molecule has 12 heteroatoms. The first-order chi connectivity index (χ1) is 4.00. The van der Waals surface area contributed by atoms with E-state index in [4.69, 9.17) is 36.8 Å². The van der Waals surface area contributed by atoms with Crippen molar-refractivity contribution in [2.24, 2.45) is 0 Å². The maximum Gasteiger partial charge on any atom is 0.466 e. The van der Waals surface area contributed by atoms with E-state index in [0.717, 1.165) is 0 Å². The lowest BCUT2D eigenvalue weighted by Gasteiger charge is -1.82. The molecular weight excluding hydrogens is 240 g/mol. The van der Waals surface area contributed by atoms with Gasteiger partial charge in [-0.05, 0) is 0 Å². The Kier molecular flexibility index (Phi) is 17.7. The summed E-state index contributed by atoms with van der Waals surface area (Å²) in [6.07, 6.45) is 0. The van der Waals surface area contributed by atoms with Gasteiger partial charge in [-0.25, -0.2) is 4.57 Å². The third-order valence-electron chi connectivity index (χ3n) is 0. The summed E-state index contributed by atoms with van der Waals surface area (Å²) in [6.45, 7) is 0. The standard InChI is InChI=1S/2Mg.H3O4P.H2O4S.4H/c;;2*1-5(2,3)4;;;;/h;;(H3,1,2,3,4);(H2,1,2,3,4);;;;. The monoisotopic (exact) mass is 248 g/mol. The van der Waals surface area contributed by atoms with Gasteiger partial charge in [0.15, 0.2) is 0 Å². The molecule has 0 aromatic rings. The van der Waals surface area contributed by atoms with Gasteiger partial charge in [0.2, 0.25) is 0 Å². The second-order valence-electron chi connectivity index (χ2n) is 0.961. The van der Waals surface area contributed by atoms with Crippen molar-refractivity contribution >= 4 is 64.3 Å². The molecule has 0 aromatic carbocycles. The summed E-state index contributed by atoms with van der Waals surface area (Å²) in [6, 6.07) is 0. The van der Waals surface area contributed by atoms with Crippen LogP contribution >= 0.6 is 7.82 Å². The predicted molar refractivity (Wildman–Crippen MR) is 45.5 cm³/mol. The van der Waals surface area contributed by atoms with Crippen LogP contribution < -0.4 is 0 Å². The van der Waals surface area contributed by atoms with Crippen LogP contribution in [0.3, 0.4) is 0 Å². The van der Waals surface area contributed by atoms with Crippen LogP contribution in [0, 0.1) is 0 Å². The molecular formula is H9Mg2O8PS. The number of hydrogen-bond donors (Lipinski definition) is 5. The van der Waals surface area contributed by atoms with E-state index in [9.17, 15) is 0 Å². The second kappa shape index (κ2) is 9.08. The van der Waals surface area contributed by atoms with Gasteiger partial charge in [-0.3, -0.25) is 9.11 Å². The lowest BCUT2D eigenvalue weighted by Crippen LogP contribution is -1.89. The molecule has 5 N–H and O–H groups in total. The quantitative estimate of drug-likeness (QED) is 0.169. The highest BCUT2D eigenvalue weighted by atomic mass is 32.3. The zero-order valence-corrected chi connectivity index (χ0v) is 6.03. The van der Waals surface area contributed by atoms with Crippen LogP contribution in [0.4, 0.5) is 0 Å². The van der Waals surface area contributed by atoms with Gasteiger partial charge in [0.25, 0.3) is 0 Å². The lowest BCUT2D eigenvalue weighted by molar-refractivity contribution is 0.275. The summed E-state index contributed by atoms with van der Waals surface area (Å²) in [7, 11) is -9.31. The van der Waals surface area contributed by atoms with Crippen molar-refractivity contribution in [2.45, 2.75) is 0 Å². The minimum Gasteiger partial charge on any atom is -0.303 e. The van der Waals surface area contributed by atoms with Gasteiger partial charge < -0.3 is 14.7 Å². The van der Waals surface area contributed by atoms with E-state index < -0.39 is 18.2 Å². The molecule has 0 fully saturated rings. The molecule has 8 nitrogen and oxygen atoms in total. The molecule has 0 aliphatic heterocycles. The molecule has 0 unspecified atom stereocenters. The van der Waals surface area contributed by atoms with Crippen molar-refractivity contribution < 1.29 is 36.8 Å². The Labute approximate surface area is 100 Å². The van der Waals surface area contributed by atoms with E-state index in [2.05, 4.69) is 0 Å². The molecule has 72 valence electrons. The lowest BCUT2D eigenvalue weighted by atomic mass is 15.8. The van der Waals surface area contributed by atoms with E-state index >= 15 is 0 Å². The minimum atomic E-state index is -4.67. The molecule has 0 saturated heterocycles. The molecule has 0 atom stereocenters. The van der Waals surface area contributed by atoms with E-state index in [1.807, 2.05) is 0 Å². The summed E-state index contributed by atoms with van der Waals surface area (Å²) < 4.78 is 40.5. The Morgan fingerprint density at radius 3 is 0.917 bits per heavy atom. The summed E-state index contributed by atoms with van der Waals surface area (Å²) in [5.74, 6) is 0. The van der Waals surface area contributed by atoms with Gasteiger partial charge in [-0.15, -0.1) is 0 Å². The van der Waals surface area contributed by atoms with Gasteiger partial charge in [0, 0.05) is 0 Å². The minimum absolute atomic E-state index is 0. The third kappa shape index (κ3) is 556. The second-order valence-corrected chi connectivity index (χ2v) is 2.88. The maximum absolute atomic E-state index is 8.88. The Morgan fingerprint density at radius 2 is 0.917 bits per heavy atom. The molecule has 0 aliphatic carbocycles. The van der Waals surface area contributed by atoms with Crippen LogP contribution in [0.1, 0.15) is 0 Å². The van der Waals surface area contributed by atoms with E-state index in [1.165, 1.54) is 0 Å². The molecule has 0 spiro atoms. The fourth-order valence-electron chi connectivity index (χ4n) is 0. The van der Waals surface area contributed by atoms with Gasteiger partial charge in [-0.1, -0.05) is 0 Å². The fraction of sp³-hybridized carbons (Fsp3) is 0. The number of rotatable bonds is 0. The first-order valence-corrected chi connectivity index (χ1v) is 4.44. The normalized spacial score (nSPS) is 9.75. The van der Waals surface area contributed by atoms with Crippen LogP contribution in [0.2, 0.25) is 0 Å². The van der Waals surface area contributed by atoms with Crippen LogP contribution in [0.25, 0.3) is 0 Å². The van der Waals surface area contributed by atoms with Crippen LogP contribution in [-0.4, -0.2) is 78.3 Å². The van der Waals surface area contributed by atoms with E-state index in [0.29, 0.717) is 0 Å². The first kappa shape index (κ1) is 23.4. The zero-order chi connectivity index (χ0) is 9.00. The van der Waals surface area contributed by atoms with Crippen molar-refractivity contribution in [1.82, 2.24) is 0 Å². The Balaban J connectivity index is -0.0000000457. The highest BCUT2D eigenvalue weighted by Crippen LogP contribution is 2.25. The largest absolute Gasteiger partial charge is 0.466 e. The van der Waals surface area contributed by atoms with Crippen molar-refractivity contribution in [1.29, 1.82) is 0 Å². The summed E-state index contributed by atoms with van der Waals surface area (Å²) in [5.41, 5.74) is 0. The molecule has 0 heterocycles. The average molecular weight is 249 g/mol. The van der Waals surface area contributed by atoms with Crippen molar-refractivity contribution in [3.8, 4) is 0 Å². The third-order valence-corrected chi connectivity index (χ3v) is 0. The zero-order valence-electron chi connectivity index (χ0n) is 4.32. The fourth-order valence-corrected chi connectivity index (χ4v) is 0. The predicted octanol–water partition coefficient (Wildman–Crippen LogP) is -3.41. The molecule has 0 saturated carbocycles. The van der Waals surface area contributed by atoms with Crippen molar-refractivity contribution in [2.75, 3.05) is 0 Å². The molecule has 0 aliphatic rings. The molecule has 0 aromatic heterocycles. The van der Waals surface area contributed by atoms with E-state index in [1.54, 1.807) is 0 Å². The van der Waals surface area contributed by atoms with Crippen molar-refractivity contribution in [3.05, 3.63) is 0 Å². The van der Waals surface area contributed by atoms with E-state index in [-0.39, 0.29) is 46.1 Å². The highest BCUT2D eigenvalue weighted by Gasteiger charge is 2.00. The number of hydrogen-bond acceptors (Lipinski definition) is 3. The summed E-state index contributed by atoms with van der Waals surface area (Å²) in [5, 5.41) is 0. The Morgan fingerprint density at radius 1 is 0.917 bits per heavy atom. The van der Waals surface area contributed by atoms with Crippen LogP contribution in [0.15, 0.2) is 0 Å². The Bertz CT molecular complexity index is 195. The molecule has 0 rings (SSSR count). The van der Waals surface area contributed by atoms with Gasteiger partial charge in [0.05, 0.1) is 0 Å². The summed E-state index contributed by atoms with van der Waals surface area (Å²) >= 11 is 0. The molecule has 12 heavy (non-hydrogen) atoms. The van der Waals surface area contributed by atoms with Crippen LogP contribution in [-0.2, 0) is 15.0 Å².